The van der Waals surface area contributed by atoms with Gasteiger partial charge in [0, 0.05) is 23.7 Å². The van der Waals surface area contributed by atoms with Crippen molar-refractivity contribution in [1.82, 2.24) is 5.32 Å². The van der Waals surface area contributed by atoms with Gasteiger partial charge < -0.3 is 19.5 Å². The average molecular weight is 346 g/mol. The zero-order chi connectivity index (χ0) is 17.6. The molecule has 0 aromatic carbocycles. The molecule has 0 saturated carbocycles. The van der Waals surface area contributed by atoms with Crippen LogP contribution in [0.25, 0.3) is 0 Å². The van der Waals surface area contributed by atoms with Gasteiger partial charge in [0.05, 0.1) is 24.7 Å². The van der Waals surface area contributed by atoms with Crippen LogP contribution < -0.4 is 5.32 Å². The molecule has 0 amide bonds. The molecule has 0 bridgehead atoms. The number of hydrogen-bond acceptors (Lipinski definition) is 4. The van der Waals surface area contributed by atoms with Crippen molar-refractivity contribution in [2.45, 2.75) is 72.1 Å². The quantitative estimate of drug-likeness (QED) is 0.354. The van der Waals surface area contributed by atoms with Gasteiger partial charge in [-0.25, -0.2) is 0 Å². The summed E-state index contributed by atoms with van der Waals surface area (Å²) in [6.45, 7) is 9.74. The highest BCUT2D eigenvalue weighted by Crippen LogP contribution is 2.54. The van der Waals surface area contributed by atoms with E-state index in [-0.39, 0.29) is 30.8 Å². The van der Waals surface area contributed by atoms with Gasteiger partial charge in [-0.15, -0.1) is 0 Å². The fourth-order valence-corrected chi connectivity index (χ4v) is 4.12. The highest BCUT2D eigenvalue weighted by Gasteiger charge is 2.38. The second-order valence-corrected chi connectivity index (χ2v) is 7.95. The van der Waals surface area contributed by atoms with E-state index in [4.69, 9.17) is 14.7 Å². The highest BCUT2D eigenvalue weighted by atomic mass is 31.2. The van der Waals surface area contributed by atoms with Crippen molar-refractivity contribution in [2.24, 2.45) is 5.92 Å². The van der Waals surface area contributed by atoms with E-state index in [0.29, 0.717) is 17.6 Å². The molecule has 4 atom stereocenters. The standard InChI is InChI=1S/C16H31N2O4P/c1-6-13(7-2)22-16-10-14(23(19,20)21-8-3)9-15(11(16)4)18-12(5)17/h10-11,13,15-16H,6-9H2,1-5H3,(H2,17,18)(H,19,20)/t11-,15+,16-/m1/s1. The Labute approximate surface area is 139 Å². The summed E-state index contributed by atoms with van der Waals surface area (Å²) in [4.78, 5) is 10.2. The third-order valence-corrected chi connectivity index (χ3v) is 5.93. The van der Waals surface area contributed by atoms with Gasteiger partial charge in [-0.3, -0.25) is 9.97 Å². The molecule has 0 fully saturated rings. The fourth-order valence-electron chi connectivity index (χ4n) is 2.84. The molecule has 3 N–H and O–H groups in total. The maximum absolute atomic E-state index is 12.4. The zero-order valence-electron chi connectivity index (χ0n) is 14.8. The van der Waals surface area contributed by atoms with Gasteiger partial charge in [-0.1, -0.05) is 20.8 Å². The molecule has 23 heavy (non-hydrogen) atoms. The van der Waals surface area contributed by atoms with Crippen LogP contribution in [0.1, 0.15) is 53.9 Å². The Hall–Kier alpha value is -0.680. The molecule has 0 saturated heterocycles. The van der Waals surface area contributed by atoms with E-state index in [0.717, 1.165) is 12.8 Å². The zero-order valence-corrected chi connectivity index (χ0v) is 15.7. The van der Waals surface area contributed by atoms with Gasteiger partial charge >= 0.3 is 7.60 Å². The third-order valence-electron chi connectivity index (χ3n) is 4.27. The third kappa shape index (κ3) is 5.71. The minimum absolute atomic E-state index is 0.0984. The van der Waals surface area contributed by atoms with Crippen molar-refractivity contribution < 1.29 is 18.7 Å². The number of nitrogens with one attached hydrogen (secondary N) is 2. The maximum Gasteiger partial charge on any atom is 0.354 e. The van der Waals surface area contributed by atoms with Gasteiger partial charge in [-0.2, -0.15) is 0 Å². The number of rotatable bonds is 8. The Kier molecular flexibility index (Phi) is 7.95. The predicted molar refractivity (Wildman–Crippen MR) is 92.9 cm³/mol. The minimum Gasteiger partial charge on any atom is -0.371 e. The van der Waals surface area contributed by atoms with Gasteiger partial charge in [0.15, 0.2) is 0 Å². The van der Waals surface area contributed by atoms with Crippen LogP contribution in [-0.4, -0.2) is 35.6 Å². The first-order chi connectivity index (χ1) is 10.7. The van der Waals surface area contributed by atoms with E-state index in [1.807, 2.05) is 6.92 Å². The summed E-state index contributed by atoms with van der Waals surface area (Å²) < 4.78 is 23.6. The van der Waals surface area contributed by atoms with E-state index in [1.54, 1.807) is 19.9 Å². The lowest BCUT2D eigenvalue weighted by atomic mass is 9.87. The largest absolute Gasteiger partial charge is 0.371 e. The van der Waals surface area contributed by atoms with Gasteiger partial charge in [0.25, 0.3) is 0 Å². The summed E-state index contributed by atoms with van der Waals surface area (Å²) in [5, 5.41) is 11.1. The molecule has 1 aliphatic rings. The number of amidine groups is 1. The van der Waals surface area contributed by atoms with Crippen LogP contribution in [-0.2, 0) is 13.8 Å². The normalized spacial score (nSPS) is 27.4. The van der Waals surface area contributed by atoms with Gasteiger partial charge in [0.2, 0.25) is 0 Å². The average Bonchev–Trinajstić information content (AvgIpc) is 2.47. The van der Waals surface area contributed by atoms with Crippen LogP contribution in [0.5, 0.6) is 0 Å². The first kappa shape index (κ1) is 20.4. The minimum atomic E-state index is -3.80. The number of hydrogen-bond donors (Lipinski definition) is 3. The lowest BCUT2D eigenvalue weighted by Gasteiger charge is -2.37. The molecule has 6 nitrogen and oxygen atoms in total. The lowest BCUT2D eigenvalue weighted by molar-refractivity contribution is -0.0260. The first-order valence-corrected chi connectivity index (χ1v) is 9.98. The van der Waals surface area contributed by atoms with E-state index in [2.05, 4.69) is 19.2 Å². The molecule has 0 radical (unpaired) electrons. The van der Waals surface area contributed by atoms with E-state index in [1.165, 1.54) is 0 Å². The van der Waals surface area contributed by atoms with Crippen molar-refractivity contribution in [3.05, 3.63) is 11.4 Å². The molecule has 1 unspecified atom stereocenters. The van der Waals surface area contributed by atoms with Crippen LogP contribution in [0.4, 0.5) is 0 Å². The Morgan fingerprint density at radius 3 is 2.57 bits per heavy atom. The highest BCUT2D eigenvalue weighted by molar-refractivity contribution is 7.57. The Morgan fingerprint density at radius 1 is 1.48 bits per heavy atom. The summed E-state index contributed by atoms with van der Waals surface area (Å²) in [6.07, 6.45) is 3.79. The van der Waals surface area contributed by atoms with Crippen LogP contribution in [0, 0.1) is 11.3 Å². The van der Waals surface area contributed by atoms with E-state index in [9.17, 15) is 9.46 Å². The first-order valence-electron chi connectivity index (χ1n) is 8.40. The van der Waals surface area contributed by atoms with Crippen molar-refractivity contribution in [3.63, 3.8) is 0 Å². The van der Waals surface area contributed by atoms with Crippen molar-refractivity contribution in [3.8, 4) is 0 Å². The summed E-state index contributed by atoms with van der Waals surface area (Å²) in [6, 6.07) is -0.118. The fraction of sp³-hybridized carbons (Fsp3) is 0.812. The molecule has 0 spiro atoms. The Balaban J connectivity index is 3.07. The van der Waals surface area contributed by atoms with Gasteiger partial charge in [-0.05, 0) is 32.8 Å². The van der Waals surface area contributed by atoms with Crippen molar-refractivity contribution >= 4 is 13.4 Å². The van der Waals surface area contributed by atoms with Crippen molar-refractivity contribution in [2.75, 3.05) is 6.61 Å². The monoisotopic (exact) mass is 346 g/mol. The lowest BCUT2D eigenvalue weighted by Crippen LogP contribution is -2.46. The molecule has 0 aliphatic heterocycles. The van der Waals surface area contributed by atoms with Crippen LogP contribution in [0.3, 0.4) is 0 Å². The molecule has 7 heteroatoms. The Bertz CT molecular complexity index is 477. The molecule has 1 rings (SSSR count). The van der Waals surface area contributed by atoms with Crippen LogP contribution >= 0.6 is 7.60 Å². The van der Waals surface area contributed by atoms with Crippen LogP contribution in [0.2, 0.25) is 0 Å². The summed E-state index contributed by atoms with van der Waals surface area (Å²) in [7, 11) is -3.80. The van der Waals surface area contributed by atoms with E-state index >= 15 is 0 Å². The van der Waals surface area contributed by atoms with Crippen molar-refractivity contribution in [1.29, 1.82) is 5.41 Å². The molecule has 134 valence electrons. The SMILES string of the molecule is CCOP(=O)(O)C1=C[C@@H](OC(CC)CC)[C@H](C)[C@@H](NC(C)=N)C1. The second-order valence-electron chi connectivity index (χ2n) is 6.07. The molecule has 0 heterocycles. The Morgan fingerprint density at radius 2 is 2.09 bits per heavy atom. The summed E-state index contributed by atoms with van der Waals surface area (Å²) >= 11 is 0. The molecule has 0 aromatic heterocycles. The second kappa shape index (κ2) is 8.97. The summed E-state index contributed by atoms with van der Waals surface area (Å²) in [5.41, 5.74) is 0. The molecule has 0 aromatic rings. The smallest absolute Gasteiger partial charge is 0.354 e. The summed E-state index contributed by atoms with van der Waals surface area (Å²) in [5.74, 6) is 0.440. The molecular weight excluding hydrogens is 315 g/mol. The predicted octanol–water partition coefficient (Wildman–Crippen LogP) is 3.66. The number of ether oxygens (including phenoxy) is 1. The maximum atomic E-state index is 12.4. The van der Waals surface area contributed by atoms with Crippen LogP contribution in [0.15, 0.2) is 11.4 Å². The van der Waals surface area contributed by atoms with Gasteiger partial charge in [0.1, 0.15) is 0 Å². The molecule has 1 aliphatic carbocycles. The van der Waals surface area contributed by atoms with E-state index < -0.39 is 7.60 Å². The molecular formula is C16H31N2O4P. The topological polar surface area (TPSA) is 91.6 Å².